The summed E-state index contributed by atoms with van der Waals surface area (Å²) in [6, 6.07) is 5.44. The average Bonchev–Trinajstić information content (AvgIpc) is 3.62. The maximum atomic E-state index is 14.2. The molecule has 1 aliphatic rings. The van der Waals surface area contributed by atoms with Crippen LogP contribution in [0.3, 0.4) is 0 Å². The van der Waals surface area contributed by atoms with Gasteiger partial charge in [0.15, 0.2) is 6.10 Å². The fraction of sp³-hybridized carbons (Fsp3) is 0.641. The first-order valence-corrected chi connectivity index (χ1v) is 19.5. The standard InChI is InChI=1S/C39H59N5O8S/c1-10-24(4)34(42-36(47)31-13-11-12-18-43(31)7)38(48)44(8)32(23(2)3)21-33(52-26(6)45)37-41-30(22-53-37)35(46)40-28(19-25(5)39(49)50)20-27-14-16-29(51-9)17-15-27/h14-17,22-25,28,31-34H,10-13,18-21H2,1-9H3,(H,40,46)(H,42,47)(H,49,50)/t24?,25-,28+,31+,32+,33+,34-/m0/s1. The molecule has 7 atom stereocenters. The minimum Gasteiger partial charge on any atom is -0.497 e. The highest BCUT2D eigenvalue weighted by molar-refractivity contribution is 7.09. The first-order chi connectivity index (χ1) is 25.1. The number of carboxylic acids is 1. The Kier molecular flexibility index (Phi) is 16.7. The number of methoxy groups -OCH3 is 1. The minimum absolute atomic E-state index is 0.0579. The lowest BCUT2D eigenvalue weighted by Gasteiger charge is -2.38. The molecule has 0 aliphatic carbocycles. The number of carbonyl (C=O) groups is 5. The molecule has 14 heteroatoms. The zero-order valence-corrected chi connectivity index (χ0v) is 33.5. The maximum Gasteiger partial charge on any atom is 0.306 e. The third-order valence-electron chi connectivity index (χ3n) is 10.3. The van der Waals surface area contributed by atoms with Gasteiger partial charge in [0.25, 0.3) is 5.91 Å². The lowest BCUT2D eigenvalue weighted by atomic mass is 9.92. The molecule has 0 saturated carbocycles. The highest BCUT2D eigenvalue weighted by atomic mass is 32.1. The fourth-order valence-corrected chi connectivity index (χ4v) is 7.62. The van der Waals surface area contributed by atoms with Crippen LogP contribution in [0.2, 0.25) is 0 Å². The van der Waals surface area contributed by atoms with E-state index in [0.29, 0.717) is 23.6 Å². The van der Waals surface area contributed by atoms with Crippen LogP contribution in [0.5, 0.6) is 5.75 Å². The van der Waals surface area contributed by atoms with Gasteiger partial charge in [0, 0.05) is 37.9 Å². The minimum atomic E-state index is -0.961. The quantitative estimate of drug-likeness (QED) is 0.164. The van der Waals surface area contributed by atoms with Crippen molar-refractivity contribution in [1.82, 2.24) is 25.4 Å². The molecule has 294 valence electrons. The van der Waals surface area contributed by atoms with Gasteiger partial charge in [0.1, 0.15) is 22.5 Å². The summed E-state index contributed by atoms with van der Waals surface area (Å²) in [6.07, 6.45) is 3.40. The first kappa shape index (κ1) is 43.4. The van der Waals surface area contributed by atoms with Crippen LogP contribution in [-0.4, -0.2) is 101 Å². The van der Waals surface area contributed by atoms with Gasteiger partial charge >= 0.3 is 11.9 Å². The topological polar surface area (TPSA) is 167 Å². The molecule has 0 radical (unpaired) electrons. The van der Waals surface area contributed by atoms with Crippen LogP contribution < -0.4 is 15.4 Å². The summed E-state index contributed by atoms with van der Waals surface area (Å²) in [6.45, 7) is 11.6. The van der Waals surface area contributed by atoms with Crippen molar-refractivity contribution in [1.29, 1.82) is 0 Å². The number of likely N-dealkylation sites (N-methyl/N-ethyl adjacent to an activating group) is 2. The maximum absolute atomic E-state index is 14.2. The Bertz CT molecular complexity index is 1530. The zero-order valence-electron chi connectivity index (χ0n) is 32.7. The summed E-state index contributed by atoms with van der Waals surface area (Å²) in [4.78, 5) is 73.5. The predicted molar refractivity (Wildman–Crippen MR) is 204 cm³/mol. The summed E-state index contributed by atoms with van der Waals surface area (Å²) < 4.78 is 11.0. The number of carboxylic acid groups (broad SMARTS) is 1. The van der Waals surface area contributed by atoms with Crippen molar-refractivity contribution in [2.24, 2.45) is 17.8 Å². The Balaban J connectivity index is 1.81. The van der Waals surface area contributed by atoms with Gasteiger partial charge in [-0.25, -0.2) is 4.98 Å². The summed E-state index contributed by atoms with van der Waals surface area (Å²) in [5, 5.41) is 17.6. The molecule has 1 aromatic heterocycles. The summed E-state index contributed by atoms with van der Waals surface area (Å²) in [5.41, 5.74) is 1.01. The lowest BCUT2D eigenvalue weighted by Crippen LogP contribution is -2.58. The monoisotopic (exact) mass is 757 g/mol. The number of hydrogen-bond acceptors (Lipinski definition) is 10. The van der Waals surface area contributed by atoms with E-state index < -0.39 is 48.0 Å². The largest absolute Gasteiger partial charge is 0.497 e. The van der Waals surface area contributed by atoms with E-state index >= 15 is 0 Å². The molecule has 13 nitrogen and oxygen atoms in total. The van der Waals surface area contributed by atoms with Gasteiger partial charge in [-0.05, 0) is 68.8 Å². The Labute approximate surface area is 318 Å². The van der Waals surface area contributed by atoms with Crippen LogP contribution in [0.15, 0.2) is 29.6 Å². The molecule has 0 bridgehead atoms. The zero-order chi connectivity index (χ0) is 39.4. The van der Waals surface area contributed by atoms with Gasteiger partial charge in [-0.15, -0.1) is 11.3 Å². The van der Waals surface area contributed by atoms with Crippen molar-refractivity contribution >= 4 is 41.0 Å². The van der Waals surface area contributed by atoms with Gasteiger partial charge in [0.05, 0.1) is 19.1 Å². The van der Waals surface area contributed by atoms with Gasteiger partial charge in [-0.1, -0.05) is 59.6 Å². The van der Waals surface area contributed by atoms with Crippen LogP contribution in [0.4, 0.5) is 0 Å². The van der Waals surface area contributed by atoms with Crippen molar-refractivity contribution in [2.75, 3.05) is 27.7 Å². The molecule has 1 aromatic carbocycles. The Morgan fingerprint density at radius 3 is 2.30 bits per heavy atom. The number of esters is 1. The smallest absolute Gasteiger partial charge is 0.306 e. The number of carbonyl (C=O) groups excluding carboxylic acids is 4. The van der Waals surface area contributed by atoms with E-state index in [1.165, 1.54) is 18.3 Å². The molecule has 3 rings (SSSR count). The van der Waals surface area contributed by atoms with Crippen molar-refractivity contribution in [3.63, 3.8) is 0 Å². The van der Waals surface area contributed by atoms with Crippen LogP contribution in [0, 0.1) is 17.8 Å². The summed E-state index contributed by atoms with van der Waals surface area (Å²) in [7, 11) is 5.23. The molecular formula is C39H59N5O8S. The second-order valence-corrected chi connectivity index (χ2v) is 15.6. The number of piperidine rings is 1. The van der Waals surface area contributed by atoms with Gasteiger partial charge in [-0.3, -0.25) is 28.9 Å². The van der Waals surface area contributed by atoms with Crippen molar-refractivity contribution < 1.29 is 38.6 Å². The van der Waals surface area contributed by atoms with Gasteiger partial charge in [0.2, 0.25) is 11.8 Å². The van der Waals surface area contributed by atoms with Crippen LogP contribution in [0.1, 0.15) is 107 Å². The van der Waals surface area contributed by atoms with E-state index in [4.69, 9.17) is 9.47 Å². The number of aliphatic carboxylic acids is 1. The van der Waals surface area contributed by atoms with E-state index in [-0.39, 0.29) is 48.2 Å². The molecular weight excluding hydrogens is 699 g/mol. The van der Waals surface area contributed by atoms with Crippen LogP contribution >= 0.6 is 11.3 Å². The molecule has 1 aliphatic heterocycles. The van der Waals surface area contributed by atoms with Crippen LogP contribution in [-0.2, 0) is 30.3 Å². The molecule has 1 saturated heterocycles. The lowest BCUT2D eigenvalue weighted by molar-refractivity contribution is -0.149. The van der Waals surface area contributed by atoms with E-state index in [0.717, 1.165) is 31.4 Å². The number of likely N-dealkylation sites (tertiary alicyclic amines) is 1. The average molecular weight is 758 g/mol. The Morgan fingerprint density at radius 2 is 1.74 bits per heavy atom. The molecule has 1 unspecified atom stereocenters. The predicted octanol–water partition coefficient (Wildman–Crippen LogP) is 5.10. The number of benzene rings is 1. The van der Waals surface area contributed by atoms with Crippen molar-refractivity contribution in [3.8, 4) is 5.75 Å². The number of thiazole rings is 1. The number of rotatable bonds is 19. The highest BCUT2D eigenvalue weighted by Crippen LogP contribution is 2.31. The van der Waals surface area contributed by atoms with Gasteiger partial charge in [-0.2, -0.15) is 0 Å². The van der Waals surface area contributed by atoms with E-state index in [1.807, 2.05) is 63.9 Å². The number of aromatic nitrogens is 1. The molecule has 2 aromatic rings. The van der Waals surface area contributed by atoms with E-state index in [2.05, 4.69) is 15.6 Å². The third-order valence-corrected chi connectivity index (χ3v) is 11.2. The Hall–Kier alpha value is -4.04. The molecule has 1 fully saturated rings. The highest BCUT2D eigenvalue weighted by Gasteiger charge is 2.37. The molecule has 3 amide bonds. The third kappa shape index (κ3) is 12.5. The molecule has 2 heterocycles. The van der Waals surface area contributed by atoms with Crippen molar-refractivity contribution in [3.05, 3.63) is 45.9 Å². The summed E-state index contributed by atoms with van der Waals surface area (Å²) in [5.74, 6) is -2.52. The number of ether oxygens (including phenoxy) is 2. The summed E-state index contributed by atoms with van der Waals surface area (Å²) >= 11 is 1.17. The Morgan fingerprint density at radius 1 is 1.06 bits per heavy atom. The van der Waals surface area contributed by atoms with E-state index in [9.17, 15) is 29.1 Å². The molecule has 3 N–H and O–H groups in total. The molecule has 53 heavy (non-hydrogen) atoms. The fourth-order valence-electron chi connectivity index (χ4n) is 6.78. The number of amides is 3. The first-order valence-electron chi connectivity index (χ1n) is 18.6. The SMILES string of the molecule is CCC(C)[C@H](NC(=O)[C@H]1CCCCN1C)C(=O)N(C)[C@H](C[C@@H](OC(C)=O)c1nc(C(=O)N[C@@H](Cc2ccc(OC)cc2)C[C@H](C)C(=O)O)cs1)C(C)C. The molecule has 0 spiro atoms. The van der Waals surface area contributed by atoms with Gasteiger partial charge < -0.3 is 30.1 Å². The van der Waals surface area contributed by atoms with Crippen molar-refractivity contribution in [2.45, 2.75) is 117 Å². The van der Waals surface area contributed by atoms with Crippen LogP contribution in [0.25, 0.3) is 0 Å². The number of nitrogens with zero attached hydrogens (tertiary/aromatic N) is 3. The normalized spacial score (nSPS) is 18.2. The second kappa shape index (κ2) is 20.4. The second-order valence-electron chi connectivity index (χ2n) is 14.7. The number of nitrogens with one attached hydrogen (secondary N) is 2. The number of hydrogen-bond donors (Lipinski definition) is 3. The van der Waals surface area contributed by atoms with E-state index in [1.54, 1.807) is 31.4 Å².